The molecule has 7 heteroatoms. The number of rotatable bonds is 4. The zero-order chi connectivity index (χ0) is 14.8. The van der Waals surface area contributed by atoms with Gasteiger partial charge in [-0.05, 0) is 47.9 Å². The van der Waals surface area contributed by atoms with Crippen molar-refractivity contribution < 1.29 is 22.0 Å². The molecule has 1 rings (SSSR count). The van der Waals surface area contributed by atoms with Crippen molar-refractivity contribution in [2.45, 2.75) is 43.0 Å². The number of thioether (sulfide) groups is 1. The molecule has 0 aromatic heterocycles. The summed E-state index contributed by atoms with van der Waals surface area (Å²) in [7, 11) is 0. The summed E-state index contributed by atoms with van der Waals surface area (Å²) >= 11 is -0.472. The van der Waals surface area contributed by atoms with Gasteiger partial charge in [0.1, 0.15) is 0 Å². The lowest BCUT2D eigenvalue weighted by atomic mass is 10.0. The van der Waals surface area contributed by atoms with E-state index in [4.69, 9.17) is 5.73 Å². The highest BCUT2D eigenvalue weighted by Gasteiger charge is 2.58. The largest absolute Gasteiger partial charge is 0.464 e. The van der Waals surface area contributed by atoms with Gasteiger partial charge in [-0.15, -0.1) is 0 Å². The van der Waals surface area contributed by atoms with Crippen molar-refractivity contribution in [1.82, 2.24) is 0 Å². The van der Waals surface area contributed by atoms with E-state index in [1.807, 2.05) is 0 Å². The van der Waals surface area contributed by atoms with Gasteiger partial charge >= 0.3 is 11.4 Å². The highest BCUT2D eigenvalue weighted by Crippen LogP contribution is 2.49. The fourth-order valence-corrected chi connectivity index (χ4v) is 2.71. The van der Waals surface area contributed by atoms with Gasteiger partial charge in [0.05, 0.1) is 0 Å². The summed E-state index contributed by atoms with van der Waals surface area (Å²) in [5, 5.41) is -4.81. The first-order valence-corrected chi connectivity index (χ1v) is 6.49. The monoisotopic (exact) mass is 299 g/mol. The van der Waals surface area contributed by atoms with Crippen LogP contribution in [0.15, 0.2) is 17.0 Å². The van der Waals surface area contributed by atoms with Crippen LogP contribution < -0.4 is 5.73 Å². The first-order valence-electron chi connectivity index (χ1n) is 5.67. The number of hydrogen-bond donors (Lipinski definition) is 1. The number of alkyl halides is 5. The summed E-state index contributed by atoms with van der Waals surface area (Å²) < 4.78 is 62.8. The first-order chi connectivity index (χ1) is 8.64. The molecule has 1 aromatic carbocycles. The second kappa shape index (κ2) is 5.56. The van der Waals surface area contributed by atoms with E-state index in [0.717, 1.165) is 0 Å². The Hall–Kier alpha value is -0.980. The summed E-state index contributed by atoms with van der Waals surface area (Å²) in [4.78, 5) is -0.0733. The highest BCUT2D eigenvalue weighted by molar-refractivity contribution is 8.00. The lowest BCUT2D eigenvalue weighted by Crippen LogP contribution is -2.32. The average Bonchev–Trinajstić information content (AvgIpc) is 2.29. The van der Waals surface area contributed by atoms with Crippen LogP contribution >= 0.6 is 11.8 Å². The van der Waals surface area contributed by atoms with Crippen molar-refractivity contribution in [1.29, 1.82) is 0 Å². The fourth-order valence-electron chi connectivity index (χ4n) is 1.79. The van der Waals surface area contributed by atoms with Gasteiger partial charge in [0.2, 0.25) is 0 Å². The minimum absolute atomic E-state index is 0.0733. The van der Waals surface area contributed by atoms with Gasteiger partial charge in [0.15, 0.2) is 0 Å². The molecule has 0 spiro atoms. The van der Waals surface area contributed by atoms with Crippen molar-refractivity contribution in [3.63, 3.8) is 0 Å². The number of anilines is 1. The molecule has 0 heterocycles. The molecule has 0 saturated heterocycles. The van der Waals surface area contributed by atoms with E-state index < -0.39 is 23.2 Å². The van der Waals surface area contributed by atoms with Crippen molar-refractivity contribution in [2.75, 3.05) is 5.73 Å². The number of benzene rings is 1. The van der Waals surface area contributed by atoms with Crippen LogP contribution in [0.4, 0.5) is 27.6 Å². The Morgan fingerprint density at radius 2 is 1.53 bits per heavy atom. The molecular formula is C12H14F5NS. The van der Waals surface area contributed by atoms with E-state index in [2.05, 4.69) is 0 Å². The number of nitrogen functional groups attached to an aromatic ring is 1. The molecular weight excluding hydrogens is 285 g/mol. The maximum Gasteiger partial charge on any atom is 0.464 e. The predicted molar refractivity (Wildman–Crippen MR) is 66.5 cm³/mol. The molecule has 0 aliphatic heterocycles. The molecule has 19 heavy (non-hydrogen) atoms. The van der Waals surface area contributed by atoms with Crippen LogP contribution in [0.25, 0.3) is 0 Å². The fraction of sp³-hybridized carbons (Fsp3) is 0.500. The molecule has 0 aliphatic rings. The third-order valence-electron chi connectivity index (χ3n) is 2.70. The first kappa shape index (κ1) is 16.1. The Labute approximate surface area is 112 Å². The van der Waals surface area contributed by atoms with Gasteiger partial charge in [-0.1, -0.05) is 13.8 Å². The molecule has 0 unspecified atom stereocenters. The second-order valence-electron chi connectivity index (χ2n) is 3.93. The standard InChI is InChI=1S/C12H14F5NS/c1-3-7-8(4-2)10(6-5-9(7)18)19-12(16,17)11(13,14)15/h5-6H,3-4,18H2,1-2H3. The number of halogens is 5. The molecule has 1 aromatic rings. The maximum atomic E-state index is 13.1. The minimum atomic E-state index is -5.57. The average molecular weight is 299 g/mol. The van der Waals surface area contributed by atoms with Gasteiger partial charge in [0.25, 0.3) is 0 Å². The van der Waals surface area contributed by atoms with Crippen LogP contribution in [-0.4, -0.2) is 11.4 Å². The van der Waals surface area contributed by atoms with E-state index in [1.165, 1.54) is 12.1 Å². The van der Waals surface area contributed by atoms with Crippen molar-refractivity contribution in [3.05, 3.63) is 23.3 Å². The van der Waals surface area contributed by atoms with Crippen LogP contribution in [0.2, 0.25) is 0 Å². The predicted octanol–water partition coefficient (Wildman–Crippen LogP) is 4.64. The van der Waals surface area contributed by atoms with Crippen LogP contribution in [0.3, 0.4) is 0 Å². The zero-order valence-corrected chi connectivity index (χ0v) is 11.3. The summed E-state index contributed by atoms with van der Waals surface area (Å²) in [5.41, 5.74) is 7.21. The van der Waals surface area contributed by atoms with Crippen molar-refractivity contribution in [2.24, 2.45) is 0 Å². The van der Waals surface area contributed by atoms with Crippen LogP contribution in [0.5, 0.6) is 0 Å². The Balaban J connectivity index is 3.23. The summed E-state index contributed by atoms with van der Waals surface area (Å²) in [6, 6.07) is 2.59. The Kier molecular flexibility index (Phi) is 4.71. The molecule has 0 fully saturated rings. The second-order valence-corrected chi connectivity index (χ2v) is 5.09. The van der Waals surface area contributed by atoms with Gasteiger partial charge in [0, 0.05) is 10.6 Å². The Bertz CT molecular complexity index is 456. The van der Waals surface area contributed by atoms with E-state index in [0.29, 0.717) is 29.7 Å². The van der Waals surface area contributed by atoms with Gasteiger partial charge in [-0.3, -0.25) is 0 Å². The van der Waals surface area contributed by atoms with E-state index in [-0.39, 0.29) is 4.90 Å². The number of hydrogen-bond acceptors (Lipinski definition) is 2. The molecule has 0 bridgehead atoms. The van der Waals surface area contributed by atoms with Gasteiger partial charge < -0.3 is 5.73 Å². The molecule has 0 atom stereocenters. The van der Waals surface area contributed by atoms with Crippen LogP contribution in [0.1, 0.15) is 25.0 Å². The van der Waals surface area contributed by atoms with E-state index in [1.54, 1.807) is 13.8 Å². The van der Waals surface area contributed by atoms with Crippen LogP contribution in [0, 0.1) is 0 Å². The highest BCUT2D eigenvalue weighted by atomic mass is 32.2. The smallest absolute Gasteiger partial charge is 0.398 e. The minimum Gasteiger partial charge on any atom is -0.398 e. The maximum absolute atomic E-state index is 13.1. The quantitative estimate of drug-likeness (QED) is 0.498. The van der Waals surface area contributed by atoms with Gasteiger partial charge in [-0.2, -0.15) is 22.0 Å². The molecule has 0 aliphatic carbocycles. The zero-order valence-electron chi connectivity index (χ0n) is 10.4. The van der Waals surface area contributed by atoms with E-state index >= 15 is 0 Å². The van der Waals surface area contributed by atoms with Crippen molar-refractivity contribution in [3.8, 4) is 0 Å². The van der Waals surface area contributed by atoms with Gasteiger partial charge in [-0.25, -0.2) is 0 Å². The summed E-state index contributed by atoms with van der Waals surface area (Å²) in [6.07, 6.45) is -4.73. The molecule has 0 saturated carbocycles. The molecule has 0 radical (unpaired) electrons. The Morgan fingerprint density at radius 1 is 1.00 bits per heavy atom. The lowest BCUT2D eigenvalue weighted by molar-refractivity contribution is -0.237. The summed E-state index contributed by atoms with van der Waals surface area (Å²) in [5.74, 6) is 0. The topological polar surface area (TPSA) is 26.0 Å². The normalized spacial score (nSPS) is 12.8. The molecule has 0 amide bonds. The summed E-state index contributed by atoms with van der Waals surface area (Å²) in [6.45, 7) is 3.48. The molecule has 2 N–H and O–H groups in total. The molecule has 1 nitrogen and oxygen atoms in total. The van der Waals surface area contributed by atoms with E-state index in [9.17, 15) is 22.0 Å². The SMILES string of the molecule is CCc1c(N)ccc(SC(F)(F)C(F)(F)F)c1CC. The van der Waals surface area contributed by atoms with Crippen LogP contribution in [-0.2, 0) is 12.8 Å². The molecule has 108 valence electrons. The third-order valence-corrected chi connectivity index (χ3v) is 3.79. The Morgan fingerprint density at radius 3 is 1.95 bits per heavy atom. The van der Waals surface area contributed by atoms with Crippen molar-refractivity contribution >= 4 is 17.4 Å². The number of nitrogens with two attached hydrogens (primary N) is 1. The third kappa shape index (κ3) is 3.32. The lowest BCUT2D eigenvalue weighted by Gasteiger charge is -2.21.